The molecule has 0 aliphatic rings. The number of rotatable bonds is 5. The average Bonchev–Trinajstić information content (AvgIpc) is 2.74. The Morgan fingerprint density at radius 3 is 2.94 bits per heavy atom. The zero-order chi connectivity index (χ0) is 12.1. The Kier molecular flexibility index (Phi) is 4.52. The topological polar surface area (TPSA) is 71.5 Å². The molecule has 90 valence electrons. The van der Waals surface area contributed by atoms with Gasteiger partial charge < -0.3 is 4.42 Å². The first-order valence-corrected chi connectivity index (χ1v) is 5.37. The molecule has 0 spiro atoms. The molecule has 0 fully saturated rings. The first-order valence-electron chi connectivity index (χ1n) is 5.37. The number of nitrogen functional groups attached to an aromatic ring is 1. The van der Waals surface area contributed by atoms with Gasteiger partial charge in [-0.05, 0) is 26.5 Å². The van der Waals surface area contributed by atoms with E-state index in [1.807, 2.05) is 7.05 Å². The zero-order valence-corrected chi connectivity index (χ0v) is 9.99. The highest BCUT2D eigenvalue weighted by Gasteiger charge is 2.16. The summed E-state index contributed by atoms with van der Waals surface area (Å²) < 4.78 is 5.29. The molecule has 1 heterocycles. The molecule has 1 rings (SSSR count). The van der Waals surface area contributed by atoms with Crippen molar-refractivity contribution < 1.29 is 9.21 Å². The van der Waals surface area contributed by atoms with Gasteiger partial charge in [0.1, 0.15) is 5.76 Å². The summed E-state index contributed by atoms with van der Waals surface area (Å²) >= 11 is 0. The van der Waals surface area contributed by atoms with E-state index in [2.05, 4.69) is 24.2 Å². The van der Waals surface area contributed by atoms with Crippen LogP contribution in [0, 0.1) is 0 Å². The Balaban J connectivity index is 2.74. The lowest BCUT2D eigenvalue weighted by Crippen LogP contribution is -2.32. The van der Waals surface area contributed by atoms with E-state index in [4.69, 9.17) is 10.3 Å². The first kappa shape index (κ1) is 12.7. The fourth-order valence-electron chi connectivity index (χ4n) is 1.44. The number of nitrogens with two attached hydrogens (primary N) is 1. The van der Waals surface area contributed by atoms with Gasteiger partial charge in [-0.25, -0.2) is 5.84 Å². The molecule has 1 amide bonds. The molecular weight excluding hydrogens is 206 g/mol. The zero-order valence-electron chi connectivity index (χ0n) is 9.99. The van der Waals surface area contributed by atoms with Crippen molar-refractivity contribution in [1.29, 1.82) is 0 Å². The lowest BCUT2D eigenvalue weighted by molar-refractivity contribution is 0.0949. The standard InChI is InChI=1S/C11H19N3O2/c1-4-8(2)14(3)7-10-9(5-6-16-10)11(15)13-12/h5-6,8H,4,7,12H2,1-3H3,(H,13,15). The third-order valence-electron chi connectivity index (χ3n) is 2.86. The van der Waals surface area contributed by atoms with Gasteiger partial charge in [-0.15, -0.1) is 0 Å². The van der Waals surface area contributed by atoms with Gasteiger partial charge in [-0.1, -0.05) is 6.92 Å². The second-order valence-electron chi connectivity index (χ2n) is 3.90. The van der Waals surface area contributed by atoms with E-state index in [0.717, 1.165) is 6.42 Å². The maximum Gasteiger partial charge on any atom is 0.268 e. The van der Waals surface area contributed by atoms with Crippen molar-refractivity contribution in [3.63, 3.8) is 0 Å². The van der Waals surface area contributed by atoms with Gasteiger partial charge in [-0.3, -0.25) is 15.1 Å². The van der Waals surface area contributed by atoms with Crippen molar-refractivity contribution in [1.82, 2.24) is 10.3 Å². The van der Waals surface area contributed by atoms with Crippen molar-refractivity contribution in [3.05, 3.63) is 23.7 Å². The monoisotopic (exact) mass is 225 g/mol. The van der Waals surface area contributed by atoms with Crippen molar-refractivity contribution in [2.75, 3.05) is 7.05 Å². The number of hydrazine groups is 1. The number of hydrogen-bond donors (Lipinski definition) is 2. The van der Waals surface area contributed by atoms with Crippen LogP contribution in [0.3, 0.4) is 0 Å². The predicted octanol–water partition coefficient (Wildman–Crippen LogP) is 1.11. The van der Waals surface area contributed by atoms with Gasteiger partial charge >= 0.3 is 0 Å². The van der Waals surface area contributed by atoms with Gasteiger partial charge in [0.05, 0.1) is 18.4 Å². The van der Waals surface area contributed by atoms with Crippen LogP contribution in [0.15, 0.2) is 16.7 Å². The van der Waals surface area contributed by atoms with Crippen molar-refractivity contribution in [2.45, 2.75) is 32.9 Å². The minimum Gasteiger partial charge on any atom is -0.467 e. The summed E-state index contributed by atoms with van der Waals surface area (Å²) in [4.78, 5) is 13.5. The van der Waals surface area contributed by atoms with Crippen molar-refractivity contribution in [2.24, 2.45) is 5.84 Å². The molecule has 0 saturated carbocycles. The molecule has 0 saturated heterocycles. The molecule has 16 heavy (non-hydrogen) atoms. The van der Waals surface area contributed by atoms with Crippen LogP contribution in [0.2, 0.25) is 0 Å². The lowest BCUT2D eigenvalue weighted by Gasteiger charge is -2.22. The van der Waals surface area contributed by atoms with Gasteiger partial charge in [0, 0.05) is 6.04 Å². The predicted molar refractivity (Wildman–Crippen MR) is 61.6 cm³/mol. The summed E-state index contributed by atoms with van der Waals surface area (Å²) in [6.45, 7) is 4.85. The van der Waals surface area contributed by atoms with Gasteiger partial charge in [-0.2, -0.15) is 0 Å². The SMILES string of the molecule is CCC(C)N(C)Cc1occc1C(=O)NN. The van der Waals surface area contributed by atoms with E-state index < -0.39 is 0 Å². The molecule has 1 aromatic rings. The summed E-state index contributed by atoms with van der Waals surface area (Å²) in [7, 11) is 2.00. The summed E-state index contributed by atoms with van der Waals surface area (Å²) in [6, 6.07) is 2.07. The Hall–Kier alpha value is -1.33. The molecular formula is C11H19N3O2. The highest BCUT2D eigenvalue weighted by Crippen LogP contribution is 2.14. The lowest BCUT2D eigenvalue weighted by atomic mass is 10.2. The second-order valence-corrected chi connectivity index (χ2v) is 3.90. The number of nitrogens with zero attached hydrogens (tertiary/aromatic N) is 1. The first-order chi connectivity index (χ1) is 7.60. The van der Waals surface area contributed by atoms with E-state index >= 15 is 0 Å². The maximum absolute atomic E-state index is 11.4. The number of carbonyl (C=O) groups excluding carboxylic acids is 1. The van der Waals surface area contributed by atoms with E-state index in [1.165, 1.54) is 6.26 Å². The molecule has 1 unspecified atom stereocenters. The van der Waals surface area contributed by atoms with E-state index in [0.29, 0.717) is 23.9 Å². The summed E-state index contributed by atoms with van der Waals surface area (Å²) in [6.07, 6.45) is 2.56. The Morgan fingerprint density at radius 2 is 2.38 bits per heavy atom. The molecule has 1 aromatic heterocycles. The summed E-state index contributed by atoms with van der Waals surface area (Å²) in [5.74, 6) is 5.42. The van der Waals surface area contributed by atoms with Gasteiger partial charge in [0.15, 0.2) is 0 Å². The minimum absolute atomic E-state index is 0.318. The van der Waals surface area contributed by atoms with E-state index in [9.17, 15) is 4.79 Å². The number of furan rings is 1. The third kappa shape index (κ3) is 2.84. The Labute approximate surface area is 95.6 Å². The van der Waals surface area contributed by atoms with E-state index in [1.54, 1.807) is 6.07 Å². The Morgan fingerprint density at radius 1 is 1.69 bits per heavy atom. The fraction of sp³-hybridized carbons (Fsp3) is 0.545. The number of amides is 1. The summed E-state index contributed by atoms with van der Waals surface area (Å²) in [5, 5.41) is 0. The van der Waals surface area contributed by atoms with Gasteiger partial charge in [0.25, 0.3) is 5.91 Å². The number of carbonyl (C=O) groups is 1. The average molecular weight is 225 g/mol. The Bertz CT molecular complexity index is 349. The van der Waals surface area contributed by atoms with Crippen LogP contribution in [-0.2, 0) is 6.54 Å². The smallest absolute Gasteiger partial charge is 0.268 e. The van der Waals surface area contributed by atoms with Crippen LogP contribution in [0.1, 0.15) is 36.4 Å². The largest absolute Gasteiger partial charge is 0.467 e. The van der Waals surface area contributed by atoms with Crippen molar-refractivity contribution >= 4 is 5.91 Å². The highest BCUT2D eigenvalue weighted by atomic mass is 16.3. The van der Waals surface area contributed by atoms with Crippen LogP contribution < -0.4 is 11.3 Å². The molecule has 5 heteroatoms. The molecule has 0 aliphatic carbocycles. The maximum atomic E-state index is 11.4. The fourth-order valence-corrected chi connectivity index (χ4v) is 1.44. The molecule has 0 bridgehead atoms. The quantitative estimate of drug-likeness (QED) is 0.447. The van der Waals surface area contributed by atoms with Crippen LogP contribution in [-0.4, -0.2) is 23.9 Å². The van der Waals surface area contributed by atoms with Crippen LogP contribution >= 0.6 is 0 Å². The molecule has 1 atom stereocenters. The molecule has 0 aliphatic heterocycles. The molecule has 3 N–H and O–H groups in total. The third-order valence-corrected chi connectivity index (χ3v) is 2.86. The van der Waals surface area contributed by atoms with Crippen LogP contribution in [0.5, 0.6) is 0 Å². The summed E-state index contributed by atoms with van der Waals surface area (Å²) in [5.41, 5.74) is 2.60. The van der Waals surface area contributed by atoms with Gasteiger partial charge in [0.2, 0.25) is 0 Å². The minimum atomic E-state index is -0.318. The van der Waals surface area contributed by atoms with E-state index in [-0.39, 0.29) is 5.91 Å². The molecule has 5 nitrogen and oxygen atoms in total. The normalized spacial score (nSPS) is 12.8. The highest BCUT2D eigenvalue weighted by molar-refractivity contribution is 5.94. The molecule has 0 radical (unpaired) electrons. The van der Waals surface area contributed by atoms with Crippen LogP contribution in [0.25, 0.3) is 0 Å². The number of hydrogen-bond acceptors (Lipinski definition) is 4. The molecule has 0 aromatic carbocycles. The second kappa shape index (κ2) is 5.67. The number of nitrogens with one attached hydrogen (secondary N) is 1. The van der Waals surface area contributed by atoms with Crippen molar-refractivity contribution in [3.8, 4) is 0 Å². The van der Waals surface area contributed by atoms with Crippen LogP contribution in [0.4, 0.5) is 0 Å².